The Hall–Kier alpha value is -8.72. The van der Waals surface area contributed by atoms with Crippen molar-refractivity contribution >= 4 is 64.2 Å². The minimum absolute atomic E-state index is 0.0179. The second kappa shape index (κ2) is 19.8. The lowest BCUT2D eigenvalue weighted by Crippen LogP contribution is -2.46. The molecule has 9 N–H and O–H groups in total. The van der Waals surface area contributed by atoms with Gasteiger partial charge in [0.1, 0.15) is 17.9 Å². The van der Waals surface area contributed by atoms with E-state index >= 15 is 0 Å². The van der Waals surface area contributed by atoms with E-state index in [2.05, 4.69) is 26.6 Å². The van der Waals surface area contributed by atoms with Gasteiger partial charge >= 0.3 is 5.97 Å². The van der Waals surface area contributed by atoms with E-state index in [0.717, 1.165) is 0 Å². The molecule has 18 nitrogen and oxygen atoms in total. The number of rotatable bonds is 16. The molecule has 0 radical (unpaired) electrons. The van der Waals surface area contributed by atoms with Crippen LogP contribution in [0.25, 0.3) is 0 Å². The number of carboxylic acid groups (broad SMARTS) is 1. The van der Waals surface area contributed by atoms with Crippen LogP contribution in [0, 0.1) is 11.3 Å². The summed E-state index contributed by atoms with van der Waals surface area (Å²) in [5.74, 6) is -5.91. The SMILES string of the molecule is COc1cc(C(=O)Nc2ccc(C(=O)NC(CC(N)=O)C(=O)Nc3ccc(C(=O)Nc4ccc(C(=O)Nc5ccc(C(=O)O)cc5)c(O)c4OC(C)C)cc3)cc2)ccc1C#N. The zero-order chi connectivity index (χ0) is 45.1. The van der Waals surface area contributed by atoms with Gasteiger partial charge in [0, 0.05) is 33.8 Å². The maximum Gasteiger partial charge on any atom is 0.335 e. The van der Waals surface area contributed by atoms with E-state index in [9.17, 15) is 43.9 Å². The van der Waals surface area contributed by atoms with E-state index < -0.39 is 65.7 Å². The van der Waals surface area contributed by atoms with Gasteiger partial charge in [-0.1, -0.05) is 0 Å². The summed E-state index contributed by atoms with van der Waals surface area (Å²) in [5.41, 5.74) is 6.75. The highest BCUT2D eigenvalue weighted by molar-refractivity contribution is 6.10. The molecule has 1 unspecified atom stereocenters. The maximum atomic E-state index is 13.3. The first-order chi connectivity index (χ1) is 29.6. The monoisotopic (exact) mass is 841 g/mol. The highest BCUT2D eigenvalue weighted by Gasteiger charge is 2.25. The van der Waals surface area contributed by atoms with Crippen LogP contribution in [0.15, 0.2) is 103 Å². The summed E-state index contributed by atoms with van der Waals surface area (Å²) in [6, 6.07) is 24.2. The van der Waals surface area contributed by atoms with Crippen molar-refractivity contribution in [2.24, 2.45) is 5.73 Å². The van der Waals surface area contributed by atoms with E-state index in [1.165, 1.54) is 110 Å². The predicted molar refractivity (Wildman–Crippen MR) is 225 cm³/mol. The minimum atomic E-state index is -1.40. The number of nitrogens with two attached hydrogens (primary N) is 1. The smallest absolute Gasteiger partial charge is 0.335 e. The molecular weight excluding hydrogens is 803 g/mol. The molecule has 5 aromatic rings. The van der Waals surface area contributed by atoms with Crippen molar-refractivity contribution in [3.8, 4) is 23.3 Å². The Kier molecular flexibility index (Phi) is 14.2. The zero-order valence-corrected chi connectivity index (χ0v) is 33.3. The van der Waals surface area contributed by atoms with Crippen LogP contribution in [0.5, 0.6) is 17.2 Å². The second-order valence-electron chi connectivity index (χ2n) is 13.6. The molecule has 0 aliphatic heterocycles. The molecule has 0 fully saturated rings. The quantitative estimate of drug-likeness (QED) is 0.0642. The lowest BCUT2D eigenvalue weighted by molar-refractivity contribution is -0.123. The molecule has 0 aliphatic carbocycles. The van der Waals surface area contributed by atoms with Gasteiger partial charge < -0.3 is 52.0 Å². The van der Waals surface area contributed by atoms with Crippen LogP contribution in [0.4, 0.5) is 22.7 Å². The van der Waals surface area contributed by atoms with Gasteiger partial charge in [-0.3, -0.25) is 28.8 Å². The normalized spacial score (nSPS) is 11.0. The number of phenols is 1. The number of carboxylic acids is 1. The minimum Gasteiger partial charge on any atom is -0.504 e. The van der Waals surface area contributed by atoms with Crippen molar-refractivity contribution < 1.29 is 53.2 Å². The van der Waals surface area contributed by atoms with Gasteiger partial charge in [-0.15, -0.1) is 0 Å². The van der Waals surface area contributed by atoms with Crippen LogP contribution >= 0.6 is 0 Å². The van der Waals surface area contributed by atoms with Crippen LogP contribution < -0.4 is 41.8 Å². The Morgan fingerprint density at radius 1 is 0.677 bits per heavy atom. The number of nitrogens with zero attached hydrogens (tertiary/aromatic N) is 1. The number of aromatic hydroxyl groups is 1. The first-order valence-corrected chi connectivity index (χ1v) is 18.5. The number of primary amides is 1. The number of methoxy groups -OCH3 is 1. The first kappa shape index (κ1) is 44.4. The Labute approximate surface area is 353 Å². The number of anilines is 4. The van der Waals surface area contributed by atoms with E-state index in [1.807, 2.05) is 6.07 Å². The summed E-state index contributed by atoms with van der Waals surface area (Å²) in [7, 11) is 1.38. The van der Waals surface area contributed by atoms with Crippen LogP contribution in [0.3, 0.4) is 0 Å². The average Bonchev–Trinajstić information content (AvgIpc) is 3.24. The number of phenolic OH excluding ortho intramolecular Hbond substituents is 1. The molecule has 0 bridgehead atoms. The van der Waals surface area contributed by atoms with Gasteiger partial charge in [0.05, 0.1) is 42.0 Å². The summed E-state index contributed by atoms with van der Waals surface area (Å²) in [4.78, 5) is 88.6. The number of nitriles is 1. The number of ether oxygens (including phenoxy) is 2. The predicted octanol–water partition coefficient (Wildman–Crippen LogP) is 5.13. The van der Waals surface area contributed by atoms with E-state index in [4.69, 9.17) is 20.3 Å². The van der Waals surface area contributed by atoms with Crippen LogP contribution in [-0.2, 0) is 9.59 Å². The van der Waals surface area contributed by atoms with Gasteiger partial charge in [-0.2, -0.15) is 5.26 Å². The second-order valence-corrected chi connectivity index (χ2v) is 13.6. The molecule has 5 aromatic carbocycles. The average molecular weight is 842 g/mol. The number of nitrogens with one attached hydrogen (secondary N) is 5. The largest absolute Gasteiger partial charge is 0.504 e. The number of benzene rings is 5. The van der Waals surface area contributed by atoms with Gasteiger partial charge in [0.2, 0.25) is 11.8 Å². The van der Waals surface area contributed by atoms with Crippen molar-refractivity contribution in [2.75, 3.05) is 28.4 Å². The molecule has 0 saturated heterocycles. The molecule has 62 heavy (non-hydrogen) atoms. The number of hydrogen-bond acceptors (Lipinski definition) is 11. The highest BCUT2D eigenvalue weighted by Crippen LogP contribution is 2.39. The third-order valence-electron chi connectivity index (χ3n) is 8.80. The first-order valence-electron chi connectivity index (χ1n) is 18.5. The lowest BCUT2D eigenvalue weighted by Gasteiger charge is -2.19. The maximum absolute atomic E-state index is 13.3. The molecule has 316 valence electrons. The molecule has 18 heteroatoms. The van der Waals surface area contributed by atoms with Crippen molar-refractivity contribution in [3.05, 3.63) is 137 Å². The van der Waals surface area contributed by atoms with Gasteiger partial charge in [0.15, 0.2) is 11.5 Å². The van der Waals surface area contributed by atoms with E-state index in [1.54, 1.807) is 13.8 Å². The number of carbonyl (C=O) groups excluding carboxylic acids is 6. The molecule has 0 spiro atoms. The zero-order valence-electron chi connectivity index (χ0n) is 33.3. The Bertz CT molecular complexity index is 2590. The number of aromatic carboxylic acids is 1. The third kappa shape index (κ3) is 11.3. The molecule has 1 atom stereocenters. The summed E-state index contributed by atoms with van der Waals surface area (Å²) in [6.45, 7) is 3.35. The summed E-state index contributed by atoms with van der Waals surface area (Å²) >= 11 is 0. The molecule has 0 heterocycles. The Balaban J connectivity index is 1.21. The number of hydrogen-bond donors (Lipinski definition) is 8. The van der Waals surface area contributed by atoms with E-state index in [-0.39, 0.29) is 61.9 Å². The molecule has 0 aromatic heterocycles. The van der Waals surface area contributed by atoms with E-state index in [0.29, 0.717) is 5.69 Å². The Morgan fingerprint density at radius 3 is 1.73 bits per heavy atom. The fourth-order valence-electron chi connectivity index (χ4n) is 5.72. The molecular formula is C44H39N7O11. The fraction of sp³-hybridized carbons (Fsp3) is 0.136. The van der Waals surface area contributed by atoms with Crippen molar-refractivity contribution in [2.45, 2.75) is 32.4 Å². The van der Waals surface area contributed by atoms with Crippen molar-refractivity contribution in [1.82, 2.24) is 5.32 Å². The van der Waals surface area contributed by atoms with Crippen molar-refractivity contribution in [1.29, 1.82) is 5.26 Å². The molecule has 0 saturated carbocycles. The fourth-order valence-corrected chi connectivity index (χ4v) is 5.72. The van der Waals surface area contributed by atoms with Crippen LogP contribution in [-0.4, -0.2) is 70.9 Å². The van der Waals surface area contributed by atoms with Crippen molar-refractivity contribution in [3.63, 3.8) is 0 Å². The van der Waals surface area contributed by atoms with Gasteiger partial charge in [0.25, 0.3) is 23.6 Å². The number of carbonyl (C=O) groups is 7. The van der Waals surface area contributed by atoms with Crippen LogP contribution in [0.1, 0.15) is 77.6 Å². The highest BCUT2D eigenvalue weighted by atomic mass is 16.5. The molecule has 6 amide bonds. The Morgan fingerprint density at radius 2 is 1.19 bits per heavy atom. The summed E-state index contributed by atoms with van der Waals surface area (Å²) < 4.78 is 10.9. The standard InChI is InChI=1S/C44H39N7O11/c1-23(2)62-38-33(19-18-32(37(38)53)42(57)48-30-16-10-26(11-17-30)44(59)60)50-39(54)24-8-14-31(15-9-24)49-43(58)34(21-36(46)52)51-40(55)25-6-12-29(13-7-25)47-41(56)27-4-5-28(22-45)35(20-27)61-3/h4-20,23,34,53H,21H2,1-3H3,(H2,46,52)(H,47,56)(H,48,57)(H,49,58)(H,50,54)(H,51,55)(H,59,60). The topological polar surface area (TPSA) is 288 Å². The number of amides is 6. The molecule has 0 aliphatic rings. The summed E-state index contributed by atoms with van der Waals surface area (Å²) in [5, 5.41) is 42.3. The lowest BCUT2D eigenvalue weighted by atomic mass is 10.1. The van der Waals surface area contributed by atoms with Crippen LogP contribution in [0.2, 0.25) is 0 Å². The molecule has 5 rings (SSSR count). The van der Waals surface area contributed by atoms with Gasteiger partial charge in [-0.25, -0.2) is 4.79 Å². The van der Waals surface area contributed by atoms with Gasteiger partial charge in [-0.05, 0) is 117 Å². The third-order valence-corrected chi connectivity index (χ3v) is 8.80. The summed E-state index contributed by atoms with van der Waals surface area (Å²) in [6.07, 6.45) is -1.04.